The smallest absolute Gasteiger partial charge is 0.255 e. The molecule has 1 aromatic carbocycles. The molecule has 1 fully saturated rings. The highest BCUT2D eigenvalue weighted by atomic mass is 79.9. The molecule has 1 saturated heterocycles. The Balaban J connectivity index is 1.89. The van der Waals surface area contributed by atoms with Gasteiger partial charge in [0, 0.05) is 25.0 Å². The van der Waals surface area contributed by atoms with Crippen molar-refractivity contribution in [3.05, 3.63) is 56.4 Å². The molecule has 110 valence electrons. The highest BCUT2D eigenvalue weighted by Gasteiger charge is 2.29. The van der Waals surface area contributed by atoms with E-state index in [1.54, 1.807) is 6.07 Å². The molecule has 2 heterocycles. The third-order valence-corrected chi connectivity index (χ3v) is 5.06. The summed E-state index contributed by atoms with van der Waals surface area (Å²) in [6, 6.07) is 8.16. The number of piperazine rings is 1. The second-order valence-electron chi connectivity index (χ2n) is 4.91. The SMILES string of the molecule is O=C(c1csc(Br)c1)N1CCNCC1c1cccc(F)c1. The van der Waals surface area contributed by atoms with E-state index in [0.29, 0.717) is 18.7 Å². The Bertz CT molecular complexity index is 661. The van der Waals surface area contributed by atoms with Gasteiger partial charge in [-0.15, -0.1) is 11.3 Å². The lowest BCUT2D eigenvalue weighted by Crippen LogP contribution is -2.48. The van der Waals surface area contributed by atoms with Crippen molar-refractivity contribution in [2.45, 2.75) is 6.04 Å². The standard InChI is InChI=1S/C15H14BrFN2OS/c16-14-7-11(9-21-14)15(20)19-5-4-18-8-13(19)10-2-1-3-12(17)6-10/h1-3,6-7,9,13,18H,4-5,8H2. The Morgan fingerprint density at radius 3 is 3.00 bits per heavy atom. The highest BCUT2D eigenvalue weighted by Crippen LogP contribution is 2.27. The van der Waals surface area contributed by atoms with Crippen LogP contribution < -0.4 is 5.32 Å². The summed E-state index contributed by atoms with van der Waals surface area (Å²) in [6.07, 6.45) is 0. The number of carbonyl (C=O) groups is 1. The quantitative estimate of drug-likeness (QED) is 0.880. The van der Waals surface area contributed by atoms with E-state index < -0.39 is 0 Å². The lowest BCUT2D eigenvalue weighted by Gasteiger charge is -2.36. The summed E-state index contributed by atoms with van der Waals surface area (Å²) >= 11 is 4.87. The number of amides is 1. The van der Waals surface area contributed by atoms with Gasteiger partial charge in [-0.05, 0) is 39.7 Å². The molecule has 6 heteroatoms. The van der Waals surface area contributed by atoms with E-state index in [1.165, 1.54) is 23.5 Å². The van der Waals surface area contributed by atoms with Gasteiger partial charge in [0.25, 0.3) is 5.91 Å². The minimum Gasteiger partial charge on any atom is -0.329 e. The normalized spacial score (nSPS) is 18.8. The molecule has 3 nitrogen and oxygen atoms in total. The van der Waals surface area contributed by atoms with Crippen molar-refractivity contribution in [1.82, 2.24) is 10.2 Å². The second-order valence-corrected chi connectivity index (χ2v) is 7.20. The van der Waals surface area contributed by atoms with E-state index in [-0.39, 0.29) is 17.8 Å². The molecule has 21 heavy (non-hydrogen) atoms. The van der Waals surface area contributed by atoms with Crippen LogP contribution >= 0.6 is 27.3 Å². The van der Waals surface area contributed by atoms with Gasteiger partial charge >= 0.3 is 0 Å². The highest BCUT2D eigenvalue weighted by molar-refractivity contribution is 9.11. The fourth-order valence-corrected chi connectivity index (χ4v) is 3.68. The number of hydrogen-bond acceptors (Lipinski definition) is 3. The van der Waals surface area contributed by atoms with Crippen molar-refractivity contribution in [2.75, 3.05) is 19.6 Å². The Labute approximate surface area is 134 Å². The van der Waals surface area contributed by atoms with Gasteiger partial charge in [-0.3, -0.25) is 4.79 Å². The number of nitrogens with zero attached hydrogens (tertiary/aromatic N) is 1. The summed E-state index contributed by atoms with van der Waals surface area (Å²) in [5.41, 5.74) is 1.50. The van der Waals surface area contributed by atoms with Gasteiger partial charge in [-0.1, -0.05) is 12.1 Å². The van der Waals surface area contributed by atoms with Crippen LogP contribution in [0.15, 0.2) is 39.5 Å². The first-order valence-corrected chi connectivity index (χ1v) is 8.33. The first-order chi connectivity index (χ1) is 10.1. The molecule has 0 radical (unpaired) electrons. The van der Waals surface area contributed by atoms with Crippen LogP contribution in [0.4, 0.5) is 4.39 Å². The lowest BCUT2D eigenvalue weighted by molar-refractivity contribution is 0.0634. The van der Waals surface area contributed by atoms with Crippen LogP contribution in [0, 0.1) is 5.82 Å². The van der Waals surface area contributed by atoms with E-state index in [4.69, 9.17) is 0 Å². The van der Waals surface area contributed by atoms with Crippen LogP contribution in [0.3, 0.4) is 0 Å². The fourth-order valence-electron chi connectivity index (χ4n) is 2.55. The van der Waals surface area contributed by atoms with Crippen LogP contribution in [0.5, 0.6) is 0 Å². The Kier molecular flexibility index (Phi) is 4.37. The second kappa shape index (κ2) is 6.25. The van der Waals surface area contributed by atoms with Gasteiger partial charge in [-0.25, -0.2) is 4.39 Å². The van der Waals surface area contributed by atoms with Crippen LogP contribution in [0.25, 0.3) is 0 Å². The molecule has 1 atom stereocenters. The van der Waals surface area contributed by atoms with Gasteiger partial charge in [0.05, 0.1) is 15.4 Å². The van der Waals surface area contributed by atoms with Gasteiger partial charge in [0.15, 0.2) is 0 Å². The summed E-state index contributed by atoms with van der Waals surface area (Å²) in [4.78, 5) is 14.5. The van der Waals surface area contributed by atoms with Crippen molar-refractivity contribution in [3.8, 4) is 0 Å². The Hall–Kier alpha value is -1.24. The molecular formula is C15H14BrFN2OS. The summed E-state index contributed by atoms with van der Waals surface area (Å²) in [5, 5.41) is 5.12. The van der Waals surface area contributed by atoms with Crippen molar-refractivity contribution >= 4 is 33.2 Å². The van der Waals surface area contributed by atoms with Crippen molar-refractivity contribution in [2.24, 2.45) is 0 Å². The maximum absolute atomic E-state index is 13.4. The number of thiophene rings is 1. The van der Waals surface area contributed by atoms with E-state index in [0.717, 1.165) is 15.9 Å². The number of hydrogen-bond donors (Lipinski definition) is 1. The topological polar surface area (TPSA) is 32.3 Å². The molecule has 2 aromatic rings. The first kappa shape index (κ1) is 14.7. The van der Waals surface area contributed by atoms with Crippen LogP contribution in [0.1, 0.15) is 22.0 Å². The molecule has 1 aromatic heterocycles. The maximum Gasteiger partial charge on any atom is 0.255 e. The third-order valence-electron chi connectivity index (χ3n) is 3.55. The van der Waals surface area contributed by atoms with Crippen LogP contribution in [-0.2, 0) is 0 Å². The van der Waals surface area contributed by atoms with Crippen LogP contribution in [0.2, 0.25) is 0 Å². The van der Waals surface area contributed by atoms with Crippen molar-refractivity contribution in [3.63, 3.8) is 0 Å². The predicted octanol–water partition coefficient (Wildman–Crippen LogP) is 3.44. The van der Waals surface area contributed by atoms with Crippen molar-refractivity contribution in [1.29, 1.82) is 0 Å². The molecule has 1 unspecified atom stereocenters. The fraction of sp³-hybridized carbons (Fsp3) is 0.267. The number of nitrogens with one attached hydrogen (secondary N) is 1. The predicted molar refractivity (Wildman–Crippen MR) is 85.1 cm³/mol. The molecule has 1 aliphatic rings. The molecule has 0 saturated carbocycles. The van der Waals surface area contributed by atoms with E-state index in [2.05, 4.69) is 21.2 Å². The summed E-state index contributed by atoms with van der Waals surface area (Å²) in [7, 11) is 0. The van der Waals surface area contributed by atoms with Gasteiger partial charge in [-0.2, -0.15) is 0 Å². The molecule has 1 aliphatic heterocycles. The number of rotatable bonds is 2. The Morgan fingerprint density at radius 2 is 2.29 bits per heavy atom. The average molecular weight is 369 g/mol. The zero-order valence-electron chi connectivity index (χ0n) is 11.2. The molecule has 0 aliphatic carbocycles. The lowest BCUT2D eigenvalue weighted by atomic mass is 10.0. The van der Waals surface area contributed by atoms with Gasteiger partial charge in [0.1, 0.15) is 5.82 Å². The minimum atomic E-state index is -0.274. The molecule has 0 bridgehead atoms. The minimum absolute atomic E-state index is 0.00675. The molecular weight excluding hydrogens is 355 g/mol. The van der Waals surface area contributed by atoms with Crippen molar-refractivity contribution < 1.29 is 9.18 Å². The number of halogens is 2. The monoisotopic (exact) mass is 368 g/mol. The molecule has 3 rings (SSSR count). The van der Waals surface area contributed by atoms with E-state index in [1.807, 2.05) is 22.4 Å². The Morgan fingerprint density at radius 1 is 1.43 bits per heavy atom. The largest absolute Gasteiger partial charge is 0.329 e. The maximum atomic E-state index is 13.4. The number of carbonyl (C=O) groups excluding carboxylic acids is 1. The average Bonchev–Trinajstić information content (AvgIpc) is 2.93. The summed E-state index contributed by atoms with van der Waals surface area (Å²) < 4.78 is 14.4. The zero-order valence-corrected chi connectivity index (χ0v) is 13.6. The number of benzene rings is 1. The summed E-state index contributed by atoms with van der Waals surface area (Å²) in [5.74, 6) is -0.281. The summed E-state index contributed by atoms with van der Waals surface area (Å²) in [6.45, 7) is 2.01. The molecule has 1 amide bonds. The molecule has 0 spiro atoms. The van der Waals surface area contributed by atoms with Crippen LogP contribution in [-0.4, -0.2) is 30.4 Å². The van der Waals surface area contributed by atoms with Gasteiger partial charge in [0.2, 0.25) is 0 Å². The first-order valence-electron chi connectivity index (χ1n) is 6.66. The third kappa shape index (κ3) is 3.17. The van der Waals surface area contributed by atoms with Gasteiger partial charge < -0.3 is 10.2 Å². The van der Waals surface area contributed by atoms with E-state index in [9.17, 15) is 9.18 Å². The zero-order chi connectivity index (χ0) is 14.8. The molecule has 1 N–H and O–H groups in total. The van der Waals surface area contributed by atoms with E-state index >= 15 is 0 Å².